The van der Waals surface area contributed by atoms with E-state index in [0.717, 1.165) is 32.1 Å². The van der Waals surface area contributed by atoms with Crippen molar-refractivity contribution in [2.24, 2.45) is 0 Å². The van der Waals surface area contributed by atoms with E-state index >= 15 is 0 Å². The van der Waals surface area contributed by atoms with Crippen LogP contribution in [0.5, 0.6) is 0 Å². The summed E-state index contributed by atoms with van der Waals surface area (Å²) in [4.78, 5) is 0. The van der Waals surface area contributed by atoms with Crippen molar-refractivity contribution in [2.45, 2.75) is 45.4 Å². The van der Waals surface area contributed by atoms with E-state index in [1.54, 1.807) is 0 Å². The molecule has 74 valence electrons. The monoisotopic (exact) mass is 180 g/mol. The third-order valence-corrected chi connectivity index (χ3v) is 2.00. The number of aliphatic hydroxyl groups excluding tert-OH is 1. The Bertz CT molecular complexity index is 174. The maximum Gasteiger partial charge on any atom is 0.0434 e. The summed E-state index contributed by atoms with van der Waals surface area (Å²) in [6.07, 6.45) is 13.6. The van der Waals surface area contributed by atoms with Crippen molar-refractivity contribution in [3.8, 4) is 12.3 Å². The molecule has 0 aliphatic heterocycles. The van der Waals surface area contributed by atoms with Crippen LogP contribution >= 0.6 is 0 Å². The third kappa shape index (κ3) is 9.17. The predicted octanol–water partition coefficient (Wildman–Crippen LogP) is 2.90. The summed E-state index contributed by atoms with van der Waals surface area (Å²) in [6.45, 7) is 2.42. The number of aliphatic hydroxyl groups is 1. The summed E-state index contributed by atoms with van der Waals surface area (Å²) in [5.74, 6) is 2.64. The van der Waals surface area contributed by atoms with Gasteiger partial charge in [-0.15, -0.1) is 12.3 Å². The zero-order valence-electron chi connectivity index (χ0n) is 8.55. The Morgan fingerprint density at radius 2 is 2.15 bits per heavy atom. The predicted molar refractivity (Wildman–Crippen MR) is 57.4 cm³/mol. The zero-order valence-corrected chi connectivity index (χ0v) is 8.55. The molecule has 0 saturated heterocycles. The quantitative estimate of drug-likeness (QED) is 0.363. The lowest BCUT2D eigenvalue weighted by Crippen LogP contribution is -1.84. The van der Waals surface area contributed by atoms with E-state index in [9.17, 15) is 0 Å². The highest BCUT2D eigenvalue weighted by Crippen LogP contribution is 2.07. The van der Waals surface area contributed by atoms with Gasteiger partial charge in [-0.2, -0.15) is 0 Å². The van der Waals surface area contributed by atoms with Gasteiger partial charge >= 0.3 is 0 Å². The molecule has 0 fully saturated rings. The molecule has 0 atom stereocenters. The summed E-state index contributed by atoms with van der Waals surface area (Å²) in [7, 11) is 0. The lowest BCUT2D eigenvalue weighted by atomic mass is 10.1. The number of hydrogen-bond donors (Lipinski definition) is 1. The van der Waals surface area contributed by atoms with Crippen molar-refractivity contribution < 1.29 is 5.11 Å². The molecule has 1 heteroatoms. The summed E-state index contributed by atoms with van der Waals surface area (Å²) in [5.41, 5.74) is 1.38. The molecule has 13 heavy (non-hydrogen) atoms. The minimum absolute atomic E-state index is 0.294. The summed E-state index contributed by atoms with van der Waals surface area (Å²) >= 11 is 0. The number of unbranched alkanes of at least 4 members (excludes halogenated alkanes) is 3. The van der Waals surface area contributed by atoms with Gasteiger partial charge in [0, 0.05) is 13.0 Å². The Morgan fingerprint density at radius 1 is 1.38 bits per heavy atom. The molecule has 0 rings (SSSR count). The van der Waals surface area contributed by atoms with Crippen molar-refractivity contribution in [2.75, 3.05) is 6.61 Å². The molecule has 0 amide bonds. The molecule has 0 aliphatic carbocycles. The first-order chi connectivity index (χ1) is 6.31. The molecule has 0 aliphatic rings. The Hall–Kier alpha value is -0.740. The van der Waals surface area contributed by atoms with Gasteiger partial charge in [-0.1, -0.05) is 11.6 Å². The molecule has 0 aromatic heterocycles. The Labute approximate surface area is 81.9 Å². The standard InChI is InChI=1S/C12H20O/c1-3-4-5-6-7-9-12(2)10-8-11-13/h1,9,13H,4-8,10-11H2,2H3. The highest BCUT2D eigenvalue weighted by Gasteiger charge is 1.89. The average Bonchev–Trinajstić information content (AvgIpc) is 2.14. The second kappa shape index (κ2) is 9.35. The second-order valence-corrected chi connectivity index (χ2v) is 3.33. The fourth-order valence-electron chi connectivity index (χ4n) is 1.18. The summed E-state index contributed by atoms with van der Waals surface area (Å²) in [5, 5.41) is 8.61. The Kier molecular flexibility index (Phi) is 8.82. The molecule has 0 aromatic rings. The van der Waals surface area contributed by atoms with Crippen LogP contribution < -0.4 is 0 Å². The van der Waals surface area contributed by atoms with Crippen molar-refractivity contribution in [3.05, 3.63) is 11.6 Å². The largest absolute Gasteiger partial charge is 0.396 e. The fourth-order valence-corrected chi connectivity index (χ4v) is 1.18. The van der Waals surface area contributed by atoms with Gasteiger partial charge in [0.1, 0.15) is 0 Å². The van der Waals surface area contributed by atoms with Crippen LogP contribution in [-0.4, -0.2) is 11.7 Å². The molecular weight excluding hydrogens is 160 g/mol. The van der Waals surface area contributed by atoms with Crippen molar-refractivity contribution in [1.29, 1.82) is 0 Å². The highest BCUT2D eigenvalue weighted by molar-refractivity contribution is 4.97. The van der Waals surface area contributed by atoms with E-state index < -0.39 is 0 Å². The van der Waals surface area contributed by atoms with Crippen LogP contribution in [0.1, 0.15) is 45.4 Å². The smallest absolute Gasteiger partial charge is 0.0434 e. The minimum atomic E-state index is 0.294. The number of hydrogen-bond acceptors (Lipinski definition) is 1. The van der Waals surface area contributed by atoms with Crippen LogP contribution in [-0.2, 0) is 0 Å². The first kappa shape index (κ1) is 12.3. The van der Waals surface area contributed by atoms with E-state index in [0.29, 0.717) is 6.61 Å². The van der Waals surface area contributed by atoms with Gasteiger partial charge in [0.25, 0.3) is 0 Å². The molecule has 1 nitrogen and oxygen atoms in total. The number of terminal acetylenes is 1. The van der Waals surface area contributed by atoms with Crippen molar-refractivity contribution in [1.82, 2.24) is 0 Å². The van der Waals surface area contributed by atoms with Crippen LogP contribution in [0.25, 0.3) is 0 Å². The molecule has 0 radical (unpaired) electrons. The van der Waals surface area contributed by atoms with E-state index in [2.05, 4.69) is 18.9 Å². The SMILES string of the molecule is C#CCCCCC=C(C)CCCO. The second-order valence-electron chi connectivity index (χ2n) is 3.33. The Morgan fingerprint density at radius 3 is 2.77 bits per heavy atom. The molecule has 0 spiro atoms. The van der Waals surface area contributed by atoms with Gasteiger partial charge < -0.3 is 5.11 Å². The van der Waals surface area contributed by atoms with E-state index in [-0.39, 0.29) is 0 Å². The minimum Gasteiger partial charge on any atom is -0.396 e. The molecule has 0 unspecified atom stereocenters. The first-order valence-corrected chi connectivity index (χ1v) is 5.01. The van der Waals surface area contributed by atoms with Gasteiger partial charge in [0.05, 0.1) is 0 Å². The fraction of sp³-hybridized carbons (Fsp3) is 0.667. The molecular formula is C12H20O. The number of allylic oxidation sites excluding steroid dienone is 2. The average molecular weight is 180 g/mol. The van der Waals surface area contributed by atoms with E-state index in [4.69, 9.17) is 11.5 Å². The lowest BCUT2D eigenvalue weighted by molar-refractivity contribution is 0.288. The van der Waals surface area contributed by atoms with Crippen LogP contribution in [0.3, 0.4) is 0 Å². The van der Waals surface area contributed by atoms with Crippen LogP contribution in [0.2, 0.25) is 0 Å². The van der Waals surface area contributed by atoms with Crippen LogP contribution in [0.15, 0.2) is 11.6 Å². The van der Waals surface area contributed by atoms with Gasteiger partial charge in [-0.25, -0.2) is 0 Å². The number of rotatable bonds is 7. The van der Waals surface area contributed by atoms with E-state index in [1.165, 1.54) is 12.0 Å². The van der Waals surface area contributed by atoms with Gasteiger partial charge in [-0.3, -0.25) is 0 Å². The van der Waals surface area contributed by atoms with Crippen molar-refractivity contribution >= 4 is 0 Å². The van der Waals surface area contributed by atoms with Gasteiger partial charge in [-0.05, 0) is 39.0 Å². The molecule has 0 bridgehead atoms. The van der Waals surface area contributed by atoms with Crippen LogP contribution in [0.4, 0.5) is 0 Å². The van der Waals surface area contributed by atoms with Crippen molar-refractivity contribution in [3.63, 3.8) is 0 Å². The summed E-state index contributed by atoms with van der Waals surface area (Å²) in [6, 6.07) is 0. The van der Waals surface area contributed by atoms with Crippen LogP contribution in [0, 0.1) is 12.3 Å². The zero-order chi connectivity index (χ0) is 9.94. The van der Waals surface area contributed by atoms with Gasteiger partial charge in [0.2, 0.25) is 0 Å². The molecule has 0 heterocycles. The van der Waals surface area contributed by atoms with Gasteiger partial charge in [0.15, 0.2) is 0 Å². The summed E-state index contributed by atoms with van der Waals surface area (Å²) < 4.78 is 0. The molecule has 0 saturated carbocycles. The topological polar surface area (TPSA) is 20.2 Å². The third-order valence-electron chi connectivity index (χ3n) is 2.00. The molecule has 1 N–H and O–H groups in total. The lowest BCUT2D eigenvalue weighted by Gasteiger charge is -1.98. The maximum atomic E-state index is 8.61. The first-order valence-electron chi connectivity index (χ1n) is 5.01. The highest BCUT2D eigenvalue weighted by atomic mass is 16.2. The Balaban J connectivity index is 3.32. The van der Waals surface area contributed by atoms with E-state index in [1.807, 2.05) is 0 Å². The maximum absolute atomic E-state index is 8.61. The molecule has 0 aromatic carbocycles. The normalized spacial score (nSPS) is 11.3.